The van der Waals surface area contributed by atoms with E-state index in [-0.39, 0.29) is 6.10 Å². The van der Waals surface area contributed by atoms with Gasteiger partial charge in [0.2, 0.25) is 0 Å². The zero-order chi connectivity index (χ0) is 9.35. The van der Waals surface area contributed by atoms with Gasteiger partial charge in [-0.15, -0.1) is 0 Å². The van der Waals surface area contributed by atoms with Crippen molar-refractivity contribution >= 4 is 0 Å². The second-order valence-electron chi connectivity index (χ2n) is 5.39. The maximum atomic E-state index is 9.32. The normalized spacial score (nSPS) is 27.8. The zero-order valence-electron chi connectivity index (χ0n) is 8.80. The molecule has 2 atom stereocenters. The Morgan fingerprint density at radius 1 is 1.33 bits per heavy atom. The molecule has 2 unspecified atom stereocenters. The summed E-state index contributed by atoms with van der Waals surface area (Å²) in [5, 5.41) is 9.32. The number of rotatable bonds is 3. The molecule has 0 bridgehead atoms. The van der Waals surface area contributed by atoms with Crippen LogP contribution in [0, 0.1) is 17.3 Å². The fourth-order valence-electron chi connectivity index (χ4n) is 2.39. The summed E-state index contributed by atoms with van der Waals surface area (Å²) in [5.74, 6) is 1.36. The molecule has 0 spiro atoms. The van der Waals surface area contributed by atoms with E-state index in [2.05, 4.69) is 20.8 Å². The third kappa shape index (κ3) is 2.48. The summed E-state index contributed by atoms with van der Waals surface area (Å²) < 4.78 is 0. The van der Waals surface area contributed by atoms with Crippen molar-refractivity contribution < 1.29 is 5.11 Å². The minimum absolute atomic E-state index is 0.131. The second-order valence-corrected chi connectivity index (χ2v) is 5.39. The Morgan fingerprint density at radius 2 is 1.83 bits per heavy atom. The second kappa shape index (κ2) is 3.37. The summed E-state index contributed by atoms with van der Waals surface area (Å²) in [7, 11) is 0. The monoisotopic (exact) mass is 170 g/mol. The smallest absolute Gasteiger partial charge is 0.0537 e. The van der Waals surface area contributed by atoms with Gasteiger partial charge in [-0.25, -0.2) is 0 Å². The Balaban J connectivity index is 2.19. The van der Waals surface area contributed by atoms with Crippen LogP contribution in [0.4, 0.5) is 0 Å². The maximum absolute atomic E-state index is 9.32. The Bertz CT molecular complexity index is 141. The van der Waals surface area contributed by atoms with Gasteiger partial charge in [0.05, 0.1) is 6.10 Å². The van der Waals surface area contributed by atoms with Crippen molar-refractivity contribution in [1.82, 2.24) is 0 Å². The molecule has 1 N–H and O–H groups in total. The minimum atomic E-state index is -0.131. The number of aliphatic hydroxyl groups excluding tert-OH is 1. The zero-order valence-corrected chi connectivity index (χ0v) is 8.80. The van der Waals surface area contributed by atoms with Crippen molar-refractivity contribution in [2.75, 3.05) is 0 Å². The van der Waals surface area contributed by atoms with E-state index in [9.17, 15) is 5.11 Å². The summed E-state index contributed by atoms with van der Waals surface area (Å²) in [5.41, 5.74) is 0.586. The molecule has 1 rings (SSSR count). The third-order valence-corrected chi connectivity index (χ3v) is 3.21. The maximum Gasteiger partial charge on any atom is 0.0537 e. The summed E-state index contributed by atoms with van der Waals surface area (Å²) in [6.45, 7) is 8.71. The summed E-state index contributed by atoms with van der Waals surface area (Å²) in [6, 6.07) is 0. The molecule has 1 nitrogen and oxygen atoms in total. The van der Waals surface area contributed by atoms with Crippen molar-refractivity contribution in [3.05, 3.63) is 0 Å². The Morgan fingerprint density at radius 3 is 2.17 bits per heavy atom. The van der Waals surface area contributed by atoms with E-state index in [1.54, 1.807) is 0 Å². The quantitative estimate of drug-likeness (QED) is 0.690. The lowest BCUT2D eigenvalue weighted by Crippen LogP contribution is -2.33. The Labute approximate surface area is 76.2 Å². The molecule has 1 aliphatic rings. The van der Waals surface area contributed by atoms with Crippen molar-refractivity contribution in [2.45, 2.75) is 53.1 Å². The highest BCUT2D eigenvalue weighted by molar-refractivity contribution is 4.87. The first-order valence-electron chi connectivity index (χ1n) is 5.09. The summed E-state index contributed by atoms with van der Waals surface area (Å²) in [6.07, 6.45) is 3.78. The van der Waals surface area contributed by atoms with E-state index in [1.807, 2.05) is 6.92 Å². The average molecular weight is 170 g/mol. The van der Waals surface area contributed by atoms with Crippen LogP contribution >= 0.6 is 0 Å². The molecular formula is C11H22O. The third-order valence-electron chi connectivity index (χ3n) is 3.21. The topological polar surface area (TPSA) is 20.2 Å². The van der Waals surface area contributed by atoms with E-state index < -0.39 is 0 Å². The molecule has 1 fully saturated rings. The van der Waals surface area contributed by atoms with Gasteiger partial charge >= 0.3 is 0 Å². The van der Waals surface area contributed by atoms with Crippen LogP contribution in [0.3, 0.4) is 0 Å². The Hall–Kier alpha value is -0.0400. The molecule has 0 saturated heterocycles. The number of hydrogen-bond acceptors (Lipinski definition) is 1. The summed E-state index contributed by atoms with van der Waals surface area (Å²) >= 11 is 0. The molecule has 0 aromatic rings. The fourth-order valence-corrected chi connectivity index (χ4v) is 2.39. The first-order chi connectivity index (χ1) is 5.41. The van der Waals surface area contributed by atoms with E-state index >= 15 is 0 Å². The average Bonchev–Trinajstić information content (AvgIpc) is 1.83. The van der Waals surface area contributed by atoms with Crippen LogP contribution in [0.2, 0.25) is 0 Å². The number of aliphatic hydroxyl groups is 1. The van der Waals surface area contributed by atoms with Crippen LogP contribution in [0.15, 0.2) is 0 Å². The van der Waals surface area contributed by atoms with E-state index in [1.165, 1.54) is 19.3 Å². The highest BCUT2D eigenvalue weighted by Crippen LogP contribution is 2.47. The predicted molar refractivity (Wildman–Crippen MR) is 52.0 cm³/mol. The largest absolute Gasteiger partial charge is 0.393 e. The van der Waals surface area contributed by atoms with Gasteiger partial charge in [0.15, 0.2) is 0 Å². The van der Waals surface area contributed by atoms with Crippen LogP contribution < -0.4 is 0 Å². The highest BCUT2D eigenvalue weighted by Gasteiger charge is 2.36. The first kappa shape index (κ1) is 10.0. The van der Waals surface area contributed by atoms with E-state index in [4.69, 9.17) is 0 Å². The van der Waals surface area contributed by atoms with Gasteiger partial charge in [-0.05, 0) is 43.4 Å². The molecule has 0 heterocycles. The first-order valence-corrected chi connectivity index (χ1v) is 5.09. The lowest BCUT2D eigenvalue weighted by atomic mass is 9.62. The minimum Gasteiger partial charge on any atom is -0.393 e. The highest BCUT2D eigenvalue weighted by atomic mass is 16.3. The van der Waals surface area contributed by atoms with Gasteiger partial charge in [0, 0.05) is 0 Å². The van der Waals surface area contributed by atoms with Crippen molar-refractivity contribution in [1.29, 1.82) is 0 Å². The molecular weight excluding hydrogens is 148 g/mol. The van der Waals surface area contributed by atoms with E-state index in [0.717, 1.165) is 5.92 Å². The van der Waals surface area contributed by atoms with E-state index in [0.29, 0.717) is 11.3 Å². The molecule has 0 amide bonds. The van der Waals surface area contributed by atoms with Crippen LogP contribution in [-0.2, 0) is 0 Å². The molecule has 1 heteroatoms. The summed E-state index contributed by atoms with van der Waals surface area (Å²) in [4.78, 5) is 0. The molecule has 1 saturated carbocycles. The van der Waals surface area contributed by atoms with Crippen molar-refractivity contribution in [3.63, 3.8) is 0 Å². The lowest BCUT2D eigenvalue weighted by molar-refractivity contribution is 0.0472. The number of hydrogen-bond donors (Lipinski definition) is 1. The van der Waals surface area contributed by atoms with Crippen molar-refractivity contribution in [2.24, 2.45) is 17.3 Å². The lowest BCUT2D eigenvalue weighted by Gasteiger charge is -2.44. The molecule has 72 valence electrons. The van der Waals surface area contributed by atoms with Gasteiger partial charge in [0.25, 0.3) is 0 Å². The van der Waals surface area contributed by atoms with Crippen molar-refractivity contribution in [3.8, 4) is 0 Å². The van der Waals surface area contributed by atoms with Crippen LogP contribution in [-0.4, -0.2) is 11.2 Å². The van der Waals surface area contributed by atoms with Gasteiger partial charge in [0.1, 0.15) is 0 Å². The molecule has 0 aromatic carbocycles. The molecule has 0 radical (unpaired) electrons. The Kier molecular flexibility index (Phi) is 2.82. The van der Waals surface area contributed by atoms with Gasteiger partial charge in [-0.3, -0.25) is 0 Å². The standard InChI is InChI=1S/C11H22O/c1-8(9(2)12)5-10-6-11(3,4)7-10/h8-10,12H,5-7H2,1-4H3. The van der Waals surface area contributed by atoms with Crippen LogP contribution in [0.1, 0.15) is 47.0 Å². The SMILES string of the molecule is CC(O)C(C)CC1CC(C)(C)C1. The van der Waals surface area contributed by atoms with Gasteiger partial charge in [-0.2, -0.15) is 0 Å². The molecule has 12 heavy (non-hydrogen) atoms. The molecule has 1 aliphatic carbocycles. The predicted octanol–water partition coefficient (Wildman–Crippen LogP) is 2.83. The van der Waals surface area contributed by atoms with Gasteiger partial charge in [-0.1, -0.05) is 20.8 Å². The molecule has 0 aliphatic heterocycles. The van der Waals surface area contributed by atoms with Crippen LogP contribution in [0.25, 0.3) is 0 Å². The van der Waals surface area contributed by atoms with Crippen LogP contribution in [0.5, 0.6) is 0 Å². The van der Waals surface area contributed by atoms with Gasteiger partial charge < -0.3 is 5.11 Å². The fraction of sp³-hybridized carbons (Fsp3) is 1.00. The molecule has 0 aromatic heterocycles.